The van der Waals surface area contributed by atoms with Crippen LogP contribution < -0.4 is 5.32 Å². The molecule has 0 fully saturated rings. The molecule has 1 heterocycles. The van der Waals surface area contributed by atoms with Crippen molar-refractivity contribution >= 4 is 17.6 Å². The number of hydrogen-bond donors (Lipinski definition) is 2. The Labute approximate surface area is 139 Å². The maximum absolute atomic E-state index is 12.4. The number of amides is 1. The molecule has 2 atom stereocenters. The first-order chi connectivity index (χ1) is 11.6. The lowest BCUT2D eigenvalue weighted by Crippen LogP contribution is -2.34. The third-order valence-electron chi connectivity index (χ3n) is 4.12. The van der Waals surface area contributed by atoms with Crippen molar-refractivity contribution < 1.29 is 14.7 Å². The first kappa shape index (κ1) is 15.9. The zero-order valence-corrected chi connectivity index (χ0v) is 13.0. The molecule has 2 aromatic rings. The van der Waals surface area contributed by atoms with Crippen LogP contribution in [-0.4, -0.2) is 31.7 Å². The zero-order valence-electron chi connectivity index (χ0n) is 13.0. The van der Waals surface area contributed by atoms with E-state index >= 15 is 0 Å². The van der Waals surface area contributed by atoms with Crippen molar-refractivity contribution in [3.05, 3.63) is 54.6 Å². The highest BCUT2D eigenvalue weighted by Gasteiger charge is 2.33. The smallest absolute Gasteiger partial charge is 0.307 e. The van der Waals surface area contributed by atoms with Gasteiger partial charge in [-0.2, -0.15) is 5.10 Å². The number of aromatic nitrogens is 3. The summed E-state index contributed by atoms with van der Waals surface area (Å²) in [5.74, 6) is -2.39. The van der Waals surface area contributed by atoms with Crippen LogP contribution in [0.2, 0.25) is 0 Å². The molecule has 7 nitrogen and oxygen atoms in total. The second-order valence-electron chi connectivity index (χ2n) is 5.77. The largest absolute Gasteiger partial charge is 0.481 e. The number of nitrogens with zero attached hydrogens (tertiary/aromatic N) is 3. The number of carbonyl (C=O) groups excluding carboxylic acids is 1. The number of allylic oxidation sites excluding steroid dienone is 2. The van der Waals surface area contributed by atoms with Gasteiger partial charge in [0.2, 0.25) is 5.91 Å². The highest BCUT2D eigenvalue weighted by molar-refractivity contribution is 5.95. The Hall–Kier alpha value is -2.96. The molecule has 124 valence electrons. The van der Waals surface area contributed by atoms with Crippen molar-refractivity contribution in [1.29, 1.82) is 0 Å². The summed E-state index contributed by atoms with van der Waals surface area (Å²) < 4.78 is 1.71. The monoisotopic (exact) mass is 326 g/mol. The van der Waals surface area contributed by atoms with E-state index in [4.69, 9.17) is 0 Å². The SMILES string of the molecule is O=C(Nc1ccc(Cn2cncn2)cc1)[C@H]1CC=CC[C@H]1C(=O)O. The first-order valence-corrected chi connectivity index (χ1v) is 7.73. The predicted octanol–water partition coefficient (Wildman–Crippen LogP) is 1.93. The number of carboxylic acid groups (broad SMARTS) is 1. The average molecular weight is 326 g/mol. The van der Waals surface area contributed by atoms with Crippen molar-refractivity contribution in [3.8, 4) is 0 Å². The average Bonchev–Trinajstić information content (AvgIpc) is 3.09. The molecule has 7 heteroatoms. The van der Waals surface area contributed by atoms with Gasteiger partial charge in [-0.15, -0.1) is 0 Å². The molecule has 0 unspecified atom stereocenters. The van der Waals surface area contributed by atoms with Crippen LogP contribution in [0.4, 0.5) is 5.69 Å². The third-order valence-corrected chi connectivity index (χ3v) is 4.12. The molecule has 0 saturated heterocycles. The first-order valence-electron chi connectivity index (χ1n) is 7.73. The van der Waals surface area contributed by atoms with Crippen molar-refractivity contribution in [2.45, 2.75) is 19.4 Å². The van der Waals surface area contributed by atoms with Gasteiger partial charge < -0.3 is 10.4 Å². The van der Waals surface area contributed by atoms with Gasteiger partial charge in [-0.25, -0.2) is 9.67 Å². The Morgan fingerprint density at radius 1 is 1.17 bits per heavy atom. The van der Waals surface area contributed by atoms with Crippen LogP contribution in [0.5, 0.6) is 0 Å². The number of carbonyl (C=O) groups is 2. The second-order valence-corrected chi connectivity index (χ2v) is 5.77. The fraction of sp³-hybridized carbons (Fsp3) is 0.294. The summed E-state index contributed by atoms with van der Waals surface area (Å²) in [4.78, 5) is 27.6. The van der Waals surface area contributed by atoms with E-state index < -0.39 is 17.8 Å². The van der Waals surface area contributed by atoms with Crippen molar-refractivity contribution in [1.82, 2.24) is 14.8 Å². The summed E-state index contributed by atoms with van der Waals surface area (Å²) in [5, 5.41) is 16.1. The summed E-state index contributed by atoms with van der Waals surface area (Å²) in [7, 11) is 0. The molecular weight excluding hydrogens is 308 g/mol. The number of hydrogen-bond acceptors (Lipinski definition) is 4. The minimum atomic E-state index is -0.928. The van der Waals surface area contributed by atoms with Gasteiger partial charge >= 0.3 is 5.97 Å². The van der Waals surface area contributed by atoms with Gasteiger partial charge in [0.25, 0.3) is 0 Å². The Bertz CT molecular complexity index is 738. The molecule has 1 aromatic carbocycles. The maximum Gasteiger partial charge on any atom is 0.307 e. The standard InChI is InChI=1S/C17H18N4O3/c22-16(14-3-1-2-4-15(14)17(23)24)20-13-7-5-12(6-8-13)9-21-11-18-10-19-21/h1-2,5-8,10-11,14-15H,3-4,9H2,(H,20,22)(H,23,24)/t14-,15+/m0/s1. The van der Waals surface area contributed by atoms with Gasteiger partial charge in [0.15, 0.2) is 0 Å². The van der Waals surface area contributed by atoms with Crippen LogP contribution >= 0.6 is 0 Å². The van der Waals surface area contributed by atoms with E-state index in [-0.39, 0.29) is 5.91 Å². The van der Waals surface area contributed by atoms with Gasteiger partial charge in [-0.05, 0) is 30.5 Å². The number of nitrogens with one attached hydrogen (secondary N) is 1. The number of carboxylic acids is 1. The van der Waals surface area contributed by atoms with Crippen molar-refractivity contribution in [2.75, 3.05) is 5.32 Å². The highest BCUT2D eigenvalue weighted by atomic mass is 16.4. The minimum absolute atomic E-state index is 0.254. The topological polar surface area (TPSA) is 97.1 Å². The van der Waals surface area contributed by atoms with E-state index in [1.165, 1.54) is 6.33 Å². The van der Waals surface area contributed by atoms with Gasteiger partial charge in [0.1, 0.15) is 12.7 Å². The van der Waals surface area contributed by atoms with Crippen LogP contribution in [0.15, 0.2) is 49.1 Å². The molecular formula is C17H18N4O3. The van der Waals surface area contributed by atoms with Gasteiger partial charge in [0, 0.05) is 5.69 Å². The molecule has 0 radical (unpaired) electrons. The van der Waals surface area contributed by atoms with Gasteiger partial charge in [-0.1, -0.05) is 24.3 Å². The van der Waals surface area contributed by atoms with Crippen LogP contribution in [0, 0.1) is 11.8 Å². The molecule has 0 saturated carbocycles. The van der Waals surface area contributed by atoms with E-state index in [9.17, 15) is 14.7 Å². The molecule has 0 spiro atoms. The van der Waals surface area contributed by atoms with Crippen molar-refractivity contribution in [3.63, 3.8) is 0 Å². The van der Waals surface area contributed by atoms with Crippen LogP contribution in [0.25, 0.3) is 0 Å². The molecule has 1 aromatic heterocycles. The Morgan fingerprint density at radius 2 is 1.88 bits per heavy atom. The lowest BCUT2D eigenvalue weighted by Gasteiger charge is -2.24. The van der Waals surface area contributed by atoms with Crippen LogP contribution in [-0.2, 0) is 16.1 Å². The summed E-state index contributed by atoms with van der Waals surface area (Å²) in [6.45, 7) is 0.600. The lowest BCUT2D eigenvalue weighted by molar-refractivity contribution is -0.146. The van der Waals surface area contributed by atoms with Crippen LogP contribution in [0.1, 0.15) is 18.4 Å². The summed E-state index contributed by atoms with van der Waals surface area (Å²) >= 11 is 0. The van der Waals surface area contributed by atoms with E-state index in [1.807, 2.05) is 24.3 Å². The van der Waals surface area contributed by atoms with E-state index in [2.05, 4.69) is 15.4 Å². The Morgan fingerprint density at radius 3 is 2.50 bits per heavy atom. The lowest BCUT2D eigenvalue weighted by atomic mass is 9.82. The summed E-state index contributed by atoms with van der Waals surface area (Å²) in [6.07, 6.45) is 7.65. The molecule has 1 amide bonds. The molecule has 1 aliphatic rings. The maximum atomic E-state index is 12.4. The third kappa shape index (κ3) is 3.68. The molecule has 3 rings (SSSR count). The van der Waals surface area contributed by atoms with Crippen LogP contribution in [0.3, 0.4) is 0 Å². The number of anilines is 1. The Balaban J connectivity index is 1.63. The predicted molar refractivity (Wildman–Crippen MR) is 87.2 cm³/mol. The number of rotatable bonds is 5. The molecule has 1 aliphatic carbocycles. The molecule has 0 aliphatic heterocycles. The molecule has 24 heavy (non-hydrogen) atoms. The van der Waals surface area contributed by atoms with E-state index in [0.29, 0.717) is 25.1 Å². The van der Waals surface area contributed by atoms with Crippen molar-refractivity contribution in [2.24, 2.45) is 11.8 Å². The summed E-state index contributed by atoms with van der Waals surface area (Å²) in [6, 6.07) is 7.40. The molecule has 0 bridgehead atoms. The fourth-order valence-corrected chi connectivity index (χ4v) is 2.81. The molecule has 2 N–H and O–H groups in total. The Kier molecular flexibility index (Phi) is 4.69. The minimum Gasteiger partial charge on any atom is -0.481 e. The van der Waals surface area contributed by atoms with E-state index in [0.717, 1.165) is 5.56 Å². The quantitative estimate of drug-likeness (QED) is 0.818. The highest BCUT2D eigenvalue weighted by Crippen LogP contribution is 2.27. The zero-order chi connectivity index (χ0) is 16.9. The van der Waals surface area contributed by atoms with E-state index in [1.54, 1.807) is 23.1 Å². The number of benzene rings is 1. The van der Waals surface area contributed by atoms with Gasteiger partial charge in [-0.3, -0.25) is 9.59 Å². The van der Waals surface area contributed by atoms with Gasteiger partial charge in [0.05, 0.1) is 18.4 Å². The second kappa shape index (κ2) is 7.08. The number of aliphatic carboxylic acids is 1. The fourth-order valence-electron chi connectivity index (χ4n) is 2.81. The summed E-state index contributed by atoms with van der Waals surface area (Å²) in [5.41, 5.74) is 1.68. The normalized spacial score (nSPS) is 19.8.